The summed E-state index contributed by atoms with van der Waals surface area (Å²) in [4.78, 5) is 26.5. The number of carbonyl (C=O) groups excluding carboxylic acids is 2. The predicted octanol–water partition coefficient (Wildman–Crippen LogP) is 2.37. The van der Waals surface area contributed by atoms with Crippen LogP contribution in [-0.4, -0.2) is 50.7 Å². The molecule has 1 aromatic rings. The Hall–Kier alpha value is -2.24. The van der Waals surface area contributed by atoms with E-state index in [1.54, 1.807) is 23.1 Å². The van der Waals surface area contributed by atoms with Crippen LogP contribution in [0.5, 0.6) is 11.5 Å². The molecule has 1 saturated heterocycles. The van der Waals surface area contributed by atoms with Crippen LogP contribution >= 0.6 is 0 Å². The fourth-order valence-electron chi connectivity index (χ4n) is 3.21. The van der Waals surface area contributed by atoms with Crippen molar-refractivity contribution in [2.24, 2.45) is 11.8 Å². The van der Waals surface area contributed by atoms with Crippen molar-refractivity contribution in [1.29, 1.82) is 0 Å². The zero-order valence-electron chi connectivity index (χ0n) is 14.7. The molecular formula is C18H25NO5. The highest BCUT2D eigenvalue weighted by atomic mass is 16.5. The van der Waals surface area contributed by atoms with Crippen molar-refractivity contribution in [3.63, 3.8) is 0 Å². The molecule has 0 unspecified atom stereocenters. The van der Waals surface area contributed by atoms with Gasteiger partial charge in [0, 0.05) is 13.1 Å². The Labute approximate surface area is 142 Å². The Morgan fingerprint density at radius 1 is 1.08 bits per heavy atom. The second-order valence-corrected chi connectivity index (χ2v) is 6.36. The van der Waals surface area contributed by atoms with Crippen LogP contribution in [0.1, 0.15) is 30.6 Å². The van der Waals surface area contributed by atoms with E-state index in [9.17, 15) is 9.59 Å². The Morgan fingerprint density at radius 2 is 1.62 bits per heavy atom. The van der Waals surface area contributed by atoms with Crippen molar-refractivity contribution in [3.05, 3.63) is 23.8 Å². The molecule has 24 heavy (non-hydrogen) atoms. The van der Waals surface area contributed by atoms with Gasteiger partial charge in [-0.25, -0.2) is 4.79 Å². The van der Waals surface area contributed by atoms with Crippen LogP contribution in [0.3, 0.4) is 0 Å². The van der Waals surface area contributed by atoms with Crippen molar-refractivity contribution in [2.45, 2.75) is 20.3 Å². The van der Waals surface area contributed by atoms with E-state index in [2.05, 4.69) is 13.8 Å². The minimum atomic E-state index is -0.629. The molecule has 1 amide bonds. The molecule has 1 aromatic carbocycles. The third-order valence-electron chi connectivity index (χ3n) is 4.18. The maximum atomic E-state index is 12.4. The standard InChI is InChI=1S/C18H25NO5/c1-12-8-13(2)10-19(9-12)16(20)11-24-18(21)17-14(22-3)6-5-7-15(17)23-4/h5-7,12-13H,8-11H2,1-4H3/t12-,13+. The van der Waals surface area contributed by atoms with Crippen molar-refractivity contribution in [3.8, 4) is 11.5 Å². The summed E-state index contributed by atoms with van der Waals surface area (Å²) in [6.07, 6.45) is 1.11. The molecule has 0 spiro atoms. The van der Waals surface area contributed by atoms with Gasteiger partial charge in [-0.2, -0.15) is 0 Å². The fraction of sp³-hybridized carbons (Fsp3) is 0.556. The van der Waals surface area contributed by atoms with E-state index in [1.807, 2.05) is 0 Å². The molecule has 1 fully saturated rings. The Kier molecular flexibility index (Phi) is 6.06. The maximum Gasteiger partial charge on any atom is 0.346 e. The van der Waals surface area contributed by atoms with Gasteiger partial charge in [-0.05, 0) is 30.4 Å². The first-order valence-corrected chi connectivity index (χ1v) is 8.12. The van der Waals surface area contributed by atoms with Gasteiger partial charge in [-0.1, -0.05) is 19.9 Å². The summed E-state index contributed by atoms with van der Waals surface area (Å²) in [7, 11) is 2.93. The first-order chi connectivity index (χ1) is 11.5. The smallest absolute Gasteiger partial charge is 0.346 e. The molecule has 0 bridgehead atoms. The number of piperidine rings is 1. The number of esters is 1. The molecule has 1 aliphatic heterocycles. The third-order valence-corrected chi connectivity index (χ3v) is 4.18. The molecule has 132 valence electrons. The lowest BCUT2D eigenvalue weighted by atomic mass is 9.92. The normalized spacial score (nSPS) is 20.4. The number of methoxy groups -OCH3 is 2. The highest BCUT2D eigenvalue weighted by Gasteiger charge is 2.27. The van der Waals surface area contributed by atoms with Gasteiger partial charge in [-0.3, -0.25) is 4.79 Å². The zero-order valence-corrected chi connectivity index (χ0v) is 14.7. The van der Waals surface area contributed by atoms with Crippen LogP contribution in [0.25, 0.3) is 0 Å². The summed E-state index contributed by atoms with van der Waals surface area (Å²) in [6, 6.07) is 5.01. The van der Waals surface area contributed by atoms with Crippen molar-refractivity contribution < 1.29 is 23.8 Å². The molecule has 6 nitrogen and oxygen atoms in total. The van der Waals surface area contributed by atoms with Crippen molar-refractivity contribution in [2.75, 3.05) is 33.9 Å². The van der Waals surface area contributed by atoms with Gasteiger partial charge in [0.05, 0.1) is 14.2 Å². The van der Waals surface area contributed by atoms with E-state index in [0.29, 0.717) is 36.4 Å². The lowest BCUT2D eigenvalue weighted by Crippen LogP contribution is -2.44. The monoisotopic (exact) mass is 335 g/mol. The number of likely N-dealkylation sites (tertiary alicyclic amines) is 1. The average Bonchev–Trinajstić information content (AvgIpc) is 2.57. The second-order valence-electron chi connectivity index (χ2n) is 6.36. The average molecular weight is 335 g/mol. The number of hydrogen-bond donors (Lipinski definition) is 0. The van der Waals surface area contributed by atoms with E-state index in [1.165, 1.54) is 14.2 Å². The second kappa shape index (κ2) is 8.04. The van der Waals surface area contributed by atoms with Gasteiger partial charge < -0.3 is 19.1 Å². The molecular weight excluding hydrogens is 310 g/mol. The maximum absolute atomic E-state index is 12.4. The van der Waals surface area contributed by atoms with Crippen LogP contribution in [0.15, 0.2) is 18.2 Å². The Balaban J connectivity index is 2.02. The first kappa shape index (κ1) is 18.1. The molecule has 1 aliphatic rings. The zero-order chi connectivity index (χ0) is 17.7. The highest BCUT2D eigenvalue weighted by Crippen LogP contribution is 2.29. The third kappa shape index (κ3) is 4.19. The number of ether oxygens (including phenoxy) is 3. The van der Waals surface area contributed by atoms with Crippen LogP contribution in [0.2, 0.25) is 0 Å². The van der Waals surface area contributed by atoms with Crippen LogP contribution in [0.4, 0.5) is 0 Å². The molecule has 2 rings (SSSR count). The molecule has 0 N–H and O–H groups in total. The van der Waals surface area contributed by atoms with Gasteiger partial charge in [0.25, 0.3) is 5.91 Å². The van der Waals surface area contributed by atoms with E-state index < -0.39 is 5.97 Å². The van der Waals surface area contributed by atoms with Crippen molar-refractivity contribution >= 4 is 11.9 Å². The number of benzene rings is 1. The lowest BCUT2D eigenvalue weighted by Gasteiger charge is -2.34. The van der Waals surface area contributed by atoms with Crippen LogP contribution < -0.4 is 9.47 Å². The van der Waals surface area contributed by atoms with E-state index in [4.69, 9.17) is 14.2 Å². The molecule has 1 heterocycles. The van der Waals surface area contributed by atoms with Gasteiger partial charge in [0.15, 0.2) is 6.61 Å². The molecule has 2 atom stereocenters. The number of amides is 1. The van der Waals surface area contributed by atoms with E-state index >= 15 is 0 Å². The summed E-state index contributed by atoms with van der Waals surface area (Å²) in [5, 5.41) is 0. The number of carbonyl (C=O) groups is 2. The molecule has 0 aromatic heterocycles. The number of rotatable bonds is 5. The first-order valence-electron chi connectivity index (χ1n) is 8.12. The lowest BCUT2D eigenvalue weighted by molar-refractivity contribution is -0.137. The summed E-state index contributed by atoms with van der Waals surface area (Å²) in [5.41, 5.74) is 0.190. The molecule has 6 heteroatoms. The summed E-state index contributed by atoms with van der Waals surface area (Å²) in [5.74, 6) is 0.829. The molecule has 0 aliphatic carbocycles. The molecule has 0 radical (unpaired) electrons. The topological polar surface area (TPSA) is 65.1 Å². The van der Waals surface area contributed by atoms with Gasteiger partial charge in [0.2, 0.25) is 0 Å². The van der Waals surface area contributed by atoms with E-state index in [-0.39, 0.29) is 18.1 Å². The number of hydrogen-bond acceptors (Lipinski definition) is 5. The van der Waals surface area contributed by atoms with Crippen molar-refractivity contribution in [1.82, 2.24) is 4.90 Å². The van der Waals surface area contributed by atoms with Gasteiger partial charge in [0.1, 0.15) is 17.1 Å². The highest BCUT2D eigenvalue weighted by molar-refractivity contribution is 5.96. The molecule has 0 saturated carbocycles. The Morgan fingerprint density at radius 3 is 2.12 bits per heavy atom. The SMILES string of the molecule is COc1cccc(OC)c1C(=O)OCC(=O)N1C[C@H](C)C[C@H](C)C1. The largest absolute Gasteiger partial charge is 0.496 e. The minimum Gasteiger partial charge on any atom is -0.496 e. The quantitative estimate of drug-likeness (QED) is 0.773. The summed E-state index contributed by atoms with van der Waals surface area (Å²) in [6.45, 7) is 5.39. The van der Waals surface area contributed by atoms with Gasteiger partial charge in [-0.15, -0.1) is 0 Å². The van der Waals surface area contributed by atoms with Gasteiger partial charge >= 0.3 is 5.97 Å². The van der Waals surface area contributed by atoms with E-state index in [0.717, 1.165) is 6.42 Å². The van der Waals surface area contributed by atoms with Crippen LogP contribution in [-0.2, 0) is 9.53 Å². The minimum absolute atomic E-state index is 0.171. The number of nitrogens with zero attached hydrogens (tertiary/aromatic N) is 1. The summed E-state index contributed by atoms with van der Waals surface area (Å²) < 4.78 is 15.6. The Bertz CT molecular complexity index is 569. The van der Waals surface area contributed by atoms with Crippen LogP contribution in [0, 0.1) is 11.8 Å². The predicted molar refractivity (Wildman–Crippen MR) is 89.4 cm³/mol. The summed E-state index contributed by atoms with van der Waals surface area (Å²) >= 11 is 0. The fourth-order valence-corrected chi connectivity index (χ4v) is 3.21.